The lowest BCUT2D eigenvalue weighted by Crippen LogP contribution is -2.22. The molecular formula is C10H9NO6. The first-order chi connectivity index (χ1) is 8.15. The maximum Gasteiger partial charge on any atom is 0.508 e. The fraction of sp³-hybridized carbons (Fsp3) is 0.300. The summed E-state index contributed by atoms with van der Waals surface area (Å²) in [6, 6.07) is 4.14. The Morgan fingerprint density at radius 3 is 2.94 bits per heavy atom. The number of H-pyrrole nitrogens is 1. The number of aromatic nitrogens is 1. The van der Waals surface area contributed by atoms with Gasteiger partial charge in [0, 0.05) is 6.07 Å². The molecule has 2 heterocycles. The van der Waals surface area contributed by atoms with Gasteiger partial charge in [-0.1, -0.05) is 6.07 Å². The van der Waals surface area contributed by atoms with Crippen LogP contribution in [-0.2, 0) is 14.2 Å². The van der Waals surface area contributed by atoms with Crippen molar-refractivity contribution < 1.29 is 23.8 Å². The molecule has 2 rings (SSSR count). The number of ether oxygens (including phenoxy) is 3. The Morgan fingerprint density at radius 1 is 1.47 bits per heavy atom. The number of rotatable bonds is 3. The van der Waals surface area contributed by atoms with Crippen molar-refractivity contribution >= 4 is 12.1 Å². The highest BCUT2D eigenvalue weighted by molar-refractivity contribution is 5.87. The number of pyridine rings is 1. The predicted molar refractivity (Wildman–Crippen MR) is 53.6 cm³/mol. The zero-order chi connectivity index (χ0) is 12.3. The summed E-state index contributed by atoms with van der Waals surface area (Å²) in [5.41, 5.74) is -0.349. The van der Waals surface area contributed by atoms with E-state index in [0.29, 0.717) is 0 Å². The van der Waals surface area contributed by atoms with Crippen molar-refractivity contribution in [3.8, 4) is 0 Å². The second kappa shape index (κ2) is 4.69. The second-order valence-electron chi connectivity index (χ2n) is 3.33. The summed E-state index contributed by atoms with van der Waals surface area (Å²) in [4.78, 5) is 35.3. The molecule has 0 amide bonds. The van der Waals surface area contributed by atoms with E-state index in [-0.39, 0.29) is 18.9 Å². The van der Waals surface area contributed by atoms with Crippen LogP contribution in [0.4, 0.5) is 4.79 Å². The highest BCUT2D eigenvalue weighted by Crippen LogP contribution is 2.07. The molecule has 7 nitrogen and oxygen atoms in total. The van der Waals surface area contributed by atoms with Crippen molar-refractivity contribution in [3.63, 3.8) is 0 Å². The molecule has 1 aromatic rings. The summed E-state index contributed by atoms with van der Waals surface area (Å²) < 4.78 is 14.0. The third-order valence-electron chi connectivity index (χ3n) is 2.04. The number of hydrogen-bond donors (Lipinski definition) is 1. The van der Waals surface area contributed by atoms with E-state index >= 15 is 0 Å². The molecule has 1 aliphatic rings. The smallest absolute Gasteiger partial charge is 0.457 e. The molecule has 1 saturated heterocycles. The first-order valence-corrected chi connectivity index (χ1v) is 4.85. The lowest BCUT2D eigenvalue weighted by atomic mass is 10.3. The van der Waals surface area contributed by atoms with Gasteiger partial charge in [0.15, 0.2) is 6.10 Å². The van der Waals surface area contributed by atoms with Crippen LogP contribution in [0.2, 0.25) is 0 Å². The Kier molecular flexibility index (Phi) is 3.08. The standard InChI is InChI=1S/C10H9NO6/c12-8-3-1-2-7(11-8)9(13)15-4-6-5-16-10(14)17-6/h1-3,6H,4-5H2,(H,11,12). The van der Waals surface area contributed by atoms with Crippen molar-refractivity contribution in [2.75, 3.05) is 13.2 Å². The average molecular weight is 239 g/mol. The van der Waals surface area contributed by atoms with Gasteiger partial charge in [0.2, 0.25) is 5.56 Å². The molecule has 0 spiro atoms. The van der Waals surface area contributed by atoms with Gasteiger partial charge in [-0.3, -0.25) is 4.79 Å². The van der Waals surface area contributed by atoms with Crippen LogP contribution in [-0.4, -0.2) is 36.4 Å². The van der Waals surface area contributed by atoms with Gasteiger partial charge < -0.3 is 19.2 Å². The minimum atomic E-state index is -0.779. The van der Waals surface area contributed by atoms with E-state index in [9.17, 15) is 14.4 Å². The number of nitrogens with one attached hydrogen (secondary N) is 1. The molecule has 1 aromatic heterocycles. The Morgan fingerprint density at radius 2 is 2.29 bits per heavy atom. The van der Waals surface area contributed by atoms with E-state index in [2.05, 4.69) is 14.5 Å². The number of cyclic esters (lactones) is 2. The average Bonchev–Trinajstić information content (AvgIpc) is 2.72. The van der Waals surface area contributed by atoms with Crippen LogP contribution in [0, 0.1) is 0 Å². The fourth-order valence-corrected chi connectivity index (χ4v) is 1.26. The molecule has 0 radical (unpaired) electrons. The number of aromatic amines is 1. The first-order valence-electron chi connectivity index (χ1n) is 4.85. The third kappa shape index (κ3) is 2.83. The maximum atomic E-state index is 11.5. The van der Waals surface area contributed by atoms with Gasteiger partial charge in [-0.2, -0.15) is 0 Å². The summed E-state index contributed by atoms with van der Waals surface area (Å²) >= 11 is 0. The van der Waals surface area contributed by atoms with E-state index < -0.39 is 23.8 Å². The molecule has 1 unspecified atom stereocenters. The van der Waals surface area contributed by atoms with Crippen LogP contribution in [0.1, 0.15) is 10.5 Å². The Balaban J connectivity index is 1.89. The summed E-state index contributed by atoms with van der Waals surface area (Å²) in [5, 5.41) is 0. The van der Waals surface area contributed by atoms with Crippen LogP contribution in [0.3, 0.4) is 0 Å². The van der Waals surface area contributed by atoms with Crippen LogP contribution in [0.25, 0.3) is 0 Å². The zero-order valence-corrected chi connectivity index (χ0v) is 8.67. The summed E-state index contributed by atoms with van der Waals surface area (Å²) in [7, 11) is 0. The second-order valence-corrected chi connectivity index (χ2v) is 3.33. The van der Waals surface area contributed by atoms with E-state index in [1.54, 1.807) is 0 Å². The van der Waals surface area contributed by atoms with Crippen molar-refractivity contribution in [1.82, 2.24) is 4.98 Å². The van der Waals surface area contributed by atoms with Crippen LogP contribution >= 0.6 is 0 Å². The van der Waals surface area contributed by atoms with Crippen LogP contribution < -0.4 is 5.56 Å². The monoisotopic (exact) mass is 239 g/mol. The Bertz CT molecular complexity index is 494. The third-order valence-corrected chi connectivity index (χ3v) is 2.04. The molecule has 1 atom stereocenters. The minimum Gasteiger partial charge on any atom is -0.457 e. The normalized spacial score (nSPS) is 18.4. The highest BCUT2D eigenvalue weighted by atomic mass is 16.8. The van der Waals surface area contributed by atoms with Crippen LogP contribution in [0.5, 0.6) is 0 Å². The SMILES string of the molecule is O=C1OCC(COC(=O)c2cccc(=O)[nH]2)O1. The van der Waals surface area contributed by atoms with E-state index in [1.807, 2.05) is 0 Å². The first kappa shape index (κ1) is 11.2. The molecule has 0 aromatic carbocycles. The van der Waals surface area contributed by atoms with Gasteiger partial charge in [-0.15, -0.1) is 0 Å². The summed E-state index contributed by atoms with van der Waals surface area (Å²) in [6.45, 7) is -0.0566. The van der Waals surface area contributed by atoms with Gasteiger partial charge in [0.1, 0.15) is 18.9 Å². The molecule has 17 heavy (non-hydrogen) atoms. The number of carbonyl (C=O) groups excluding carboxylic acids is 2. The summed E-state index contributed by atoms with van der Waals surface area (Å²) in [6.07, 6.45) is -1.37. The van der Waals surface area contributed by atoms with Crippen molar-refractivity contribution in [2.24, 2.45) is 0 Å². The Labute approximate surface area is 95.3 Å². The fourth-order valence-electron chi connectivity index (χ4n) is 1.26. The molecule has 1 aliphatic heterocycles. The largest absolute Gasteiger partial charge is 0.508 e. The van der Waals surface area contributed by atoms with Gasteiger partial charge in [-0.05, 0) is 6.07 Å². The molecule has 1 N–H and O–H groups in total. The predicted octanol–water partition coefficient (Wildman–Crippen LogP) is 0.0671. The van der Waals surface area contributed by atoms with Gasteiger partial charge in [0.25, 0.3) is 0 Å². The maximum absolute atomic E-state index is 11.5. The Hall–Kier alpha value is -2.31. The van der Waals surface area contributed by atoms with Crippen LogP contribution in [0.15, 0.2) is 23.0 Å². The number of hydrogen-bond acceptors (Lipinski definition) is 6. The van der Waals surface area contributed by atoms with Gasteiger partial charge >= 0.3 is 12.1 Å². The molecular weight excluding hydrogens is 230 g/mol. The lowest BCUT2D eigenvalue weighted by molar-refractivity contribution is 0.0294. The lowest BCUT2D eigenvalue weighted by Gasteiger charge is -2.07. The van der Waals surface area contributed by atoms with E-state index in [4.69, 9.17) is 4.74 Å². The van der Waals surface area contributed by atoms with Crippen molar-refractivity contribution in [2.45, 2.75) is 6.10 Å². The van der Waals surface area contributed by atoms with E-state index in [1.165, 1.54) is 18.2 Å². The number of carbonyl (C=O) groups is 2. The summed E-state index contributed by atoms with van der Waals surface area (Å²) in [5.74, 6) is -0.689. The highest BCUT2D eigenvalue weighted by Gasteiger charge is 2.26. The molecule has 7 heteroatoms. The quantitative estimate of drug-likeness (QED) is 0.750. The molecule has 0 saturated carbocycles. The van der Waals surface area contributed by atoms with E-state index in [0.717, 1.165) is 0 Å². The van der Waals surface area contributed by atoms with Crippen molar-refractivity contribution in [1.29, 1.82) is 0 Å². The minimum absolute atomic E-state index is 0.0442. The topological polar surface area (TPSA) is 94.7 Å². The molecule has 0 bridgehead atoms. The van der Waals surface area contributed by atoms with Gasteiger partial charge in [-0.25, -0.2) is 9.59 Å². The molecule has 0 aliphatic carbocycles. The molecule has 1 fully saturated rings. The van der Waals surface area contributed by atoms with Gasteiger partial charge in [0.05, 0.1) is 0 Å². The number of esters is 1. The molecule has 90 valence electrons. The zero-order valence-electron chi connectivity index (χ0n) is 8.67. The van der Waals surface area contributed by atoms with Crippen molar-refractivity contribution in [3.05, 3.63) is 34.2 Å².